The monoisotopic (exact) mass is 467 g/mol. The number of nitrogens with zero attached hydrogens (tertiary/aromatic N) is 3. The average Bonchev–Trinajstić information content (AvgIpc) is 3.04. The van der Waals surface area contributed by atoms with Crippen LogP contribution in [0.2, 0.25) is 10.0 Å². The highest BCUT2D eigenvalue weighted by molar-refractivity contribution is 7.80. The molecule has 0 amide bonds. The number of aliphatic hydroxyl groups is 2. The summed E-state index contributed by atoms with van der Waals surface area (Å²) in [6.07, 6.45) is 0. The first kappa shape index (κ1) is 19.2. The van der Waals surface area contributed by atoms with Crippen LogP contribution in [0.3, 0.4) is 0 Å². The zero-order valence-corrected chi connectivity index (χ0v) is 18.5. The summed E-state index contributed by atoms with van der Waals surface area (Å²) in [6, 6.07) is 17.9. The third-order valence-corrected chi connectivity index (χ3v) is 7.06. The molecule has 2 heterocycles. The maximum Gasteiger partial charge on any atom is 0.243 e. The van der Waals surface area contributed by atoms with Crippen molar-refractivity contribution < 1.29 is 10.2 Å². The fraction of sp³-hybridized carbons (Fsp3) is 0.130. The number of rotatable bonds is 1. The van der Waals surface area contributed by atoms with Gasteiger partial charge in [0.05, 0.1) is 22.1 Å². The van der Waals surface area contributed by atoms with Crippen molar-refractivity contribution in [2.75, 3.05) is 9.80 Å². The second kappa shape index (κ2) is 6.06. The molecule has 31 heavy (non-hydrogen) atoms. The lowest BCUT2D eigenvalue weighted by molar-refractivity contribution is -0.0845. The van der Waals surface area contributed by atoms with E-state index in [1.54, 1.807) is 29.2 Å². The summed E-state index contributed by atoms with van der Waals surface area (Å²) in [5, 5.41) is 25.5. The summed E-state index contributed by atoms with van der Waals surface area (Å²) in [5.41, 5.74) is 0.366. The molecule has 0 unspecified atom stereocenters. The molecule has 3 aromatic carbocycles. The summed E-state index contributed by atoms with van der Waals surface area (Å²) in [6.45, 7) is 1.97. The van der Waals surface area contributed by atoms with Gasteiger partial charge in [0.15, 0.2) is 5.11 Å². The van der Waals surface area contributed by atoms with Crippen molar-refractivity contribution in [3.8, 4) is 0 Å². The second-order valence-electron chi connectivity index (χ2n) is 7.89. The maximum absolute atomic E-state index is 12.3. The highest BCUT2D eigenvalue weighted by Crippen LogP contribution is 2.60. The molecule has 0 saturated carbocycles. The van der Waals surface area contributed by atoms with Crippen LogP contribution >= 0.6 is 35.4 Å². The van der Waals surface area contributed by atoms with E-state index in [0.29, 0.717) is 43.9 Å². The Morgan fingerprint density at radius 2 is 1.61 bits per heavy atom. The van der Waals surface area contributed by atoms with Crippen molar-refractivity contribution in [2.24, 2.45) is 4.99 Å². The van der Waals surface area contributed by atoms with E-state index in [2.05, 4.69) is 0 Å². The SMILES string of the molecule is Cc1ccc2c(c1)N=C1c3ccccc3[C@]3(O)N(c4ccc(Cl)cc4Cl)C(=S)N2[C@]13O. The van der Waals surface area contributed by atoms with Crippen LogP contribution in [0.5, 0.6) is 0 Å². The number of benzene rings is 3. The Morgan fingerprint density at radius 3 is 2.39 bits per heavy atom. The van der Waals surface area contributed by atoms with Crippen molar-refractivity contribution >= 4 is 63.3 Å². The molecule has 5 nitrogen and oxygen atoms in total. The maximum atomic E-state index is 12.3. The Hall–Kier alpha value is -2.48. The Morgan fingerprint density at radius 1 is 0.903 bits per heavy atom. The standard InChI is InChI=1S/C23H15Cl2N3O2S/c1-12-6-8-19-17(10-12)26-20-14-4-2-3-5-15(14)22(29)23(20,30)28(19)21(31)27(22)18-9-7-13(24)11-16(18)25/h2-11,29-30H,1H3/t22-,23+/m1/s1. The van der Waals surface area contributed by atoms with E-state index in [0.717, 1.165) is 5.56 Å². The molecule has 1 fully saturated rings. The Bertz CT molecular complexity index is 1360. The van der Waals surface area contributed by atoms with Crippen LogP contribution in [-0.4, -0.2) is 26.8 Å². The first-order valence-electron chi connectivity index (χ1n) is 9.62. The van der Waals surface area contributed by atoms with Crippen LogP contribution in [0, 0.1) is 6.92 Å². The lowest BCUT2D eigenvalue weighted by Crippen LogP contribution is -2.61. The molecule has 154 valence electrons. The van der Waals surface area contributed by atoms with E-state index in [1.165, 1.54) is 4.90 Å². The van der Waals surface area contributed by atoms with Gasteiger partial charge in [-0.2, -0.15) is 0 Å². The van der Waals surface area contributed by atoms with Crippen LogP contribution in [0.1, 0.15) is 16.7 Å². The third kappa shape index (κ3) is 2.14. The summed E-state index contributed by atoms with van der Waals surface area (Å²) >= 11 is 18.5. The van der Waals surface area contributed by atoms with E-state index in [9.17, 15) is 10.2 Å². The van der Waals surface area contributed by atoms with Gasteiger partial charge in [0.2, 0.25) is 11.4 Å². The van der Waals surface area contributed by atoms with Gasteiger partial charge >= 0.3 is 0 Å². The quantitative estimate of drug-likeness (QED) is 0.498. The summed E-state index contributed by atoms with van der Waals surface area (Å²) < 4.78 is 0. The van der Waals surface area contributed by atoms with Crippen molar-refractivity contribution in [2.45, 2.75) is 18.4 Å². The Labute approximate surface area is 193 Å². The minimum absolute atomic E-state index is 0.209. The number of aliphatic imine (C=N–C) groups is 1. The number of halogens is 2. The number of fused-ring (bicyclic) bond motifs is 5. The van der Waals surface area contributed by atoms with Gasteiger partial charge in [-0.05, 0) is 55.0 Å². The fourth-order valence-electron chi connectivity index (χ4n) is 4.84. The average molecular weight is 468 g/mol. The lowest BCUT2D eigenvalue weighted by atomic mass is 9.95. The van der Waals surface area contributed by atoms with Crippen LogP contribution in [0.25, 0.3) is 0 Å². The van der Waals surface area contributed by atoms with Gasteiger partial charge in [0.25, 0.3) is 0 Å². The highest BCUT2D eigenvalue weighted by atomic mass is 35.5. The molecule has 3 aromatic rings. The van der Waals surface area contributed by atoms with Crippen molar-refractivity contribution in [3.63, 3.8) is 0 Å². The summed E-state index contributed by atoms with van der Waals surface area (Å²) in [7, 11) is 0. The number of anilines is 2. The zero-order chi connectivity index (χ0) is 21.7. The molecule has 6 rings (SSSR count). The number of hydrogen-bond acceptors (Lipinski definition) is 4. The molecule has 2 atom stereocenters. The van der Waals surface area contributed by atoms with Gasteiger partial charge in [-0.3, -0.25) is 9.80 Å². The zero-order valence-electron chi connectivity index (χ0n) is 16.2. The molecule has 1 saturated heterocycles. The third-order valence-electron chi connectivity index (χ3n) is 6.16. The van der Waals surface area contributed by atoms with Gasteiger partial charge < -0.3 is 10.2 Å². The Kier molecular flexibility index (Phi) is 3.76. The van der Waals surface area contributed by atoms with Crippen molar-refractivity contribution in [3.05, 3.63) is 87.4 Å². The van der Waals surface area contributed by atoms with Gasteiger partial charge in [0.1, 0.15) is 5.71 Å². The summed E-state index contributed by atoms with van der Waals surface area (Å²) in [4.78, 5) is 7.86. The van der Waals surface area contributed by atoms with E-state index in [1.807, 2.05) is 43.3 Å². The normalized spacial score (nSPS) is 25.3. The van der Waals surface area contributed by atoms with E-state index >= 15 is 0 Å². The molecule has 2 aliphatic heterocycles. The van der Waals surface area contributed by atoms with Crippen molar-refractivity contribution in [1.82, 2.24) is 0 Å². The molecule has 1 aliphatic carbocycles. The molecular formula is C23H15Cl2N3O2S. The number of thiocarbonyl (C=S) groups is 1. The molecule has 2 N–H and O–H groups in total. The molecule has 3 aliphatic rings. The summed E-state index contributed by atoms with van der Waals surface area (Å²) in [5.74, 6) is 0. The largest absolute Gasteiger partial charge is 0.362 e. The van der Waals surface area contributed by atoms with E-state index in [-0.39, 0.29) is 5.11 Å². The highest BCUT2D eigenvalue weighted by Gasteiger charge is 2.75. The van der Waals surface area contributed by atoms with Gasteiger partial charge in [-0.15, -0.1) is 0 Å². The molecule has 0 spiro atoms. The molecule has 8 heteroatoms. The fourth-order valence-corrected chi connectivity index (χ4v) is 5.79. The molecular weight excluding hydrogens is 453 g/mol. The topological polar surface area (TPSA) is 59.3 Å². The van der Waals surface area contributed by atoms with Gasteiger partial charge in [0, 0.05) is 16.1 Å². The lowest BCUT2D eigenvalue weighted by Gasteiger charge is -2.40. The molecule has 0 radical (unpaired) electrons. The second-order valence-corrected chi connectivity index (χ2v) is 9.10. The van der Waals surface area contributed by atoms with Crippen LogP contribution in [-0.2, 0) is 5.72 Å². The van der Waals surface area contributed by atoms with Crippen LogP contribution in [0.4, 0.5) is 17.1 Å². The number of hydrogen-bond donors (Lipinski definition) is 2. The first-order valence-corrected chi connectivity index (χ1v) is 10.8. The van der Waals surface area contributed by atoms with E-state index < -0.39 is 11.4 Å². The Balaban J connectivity index is 1.73. The minimum atomic E-state index is -1.94. The van der Waals surface area contributed by atoms with Crippen LogP contribution in [0.15, 0.2) is 65.7 Å². The smallest absolute Gasteiger partial charge is 0.243 e. The molecule has 0 bridgehead atoms. The van der Waals surface area contributed by atoms with Gasteiger partial charge in [-0.1, -0.05) is 53.5 Å². The van der Waals surface area contributed by atoms with Gasteiger partial charge in [-0.25, -0.2) is 4.99 Å². The predicted molar refractivity (Wildman–Crippen MR) is 127 cm³/mol. The van der Waals surface area contributed by atoms with E-state index in [4.69, 9.17) is 40.4 Å². The van der Waals surface area contributed by atoms with Crippen molar-refractivity contribution in [1.29, 1.82) is 0 Å². The minimum Gasteiger partial charge on any atom is -0.362 e. The predicted octanol–water partition coefficient (Wildman–Crippen LogP) is 4.90. The molecule has 0 aromatic heterocycles. The first-order chi connectivity index (χ1) is 14.8. The van der Waals surface area contributed by atoms with Crippen LogP contribution < -0.4 is 9.80 Å². The number of aryl methyl sites for hydroxylation is 1.